The smallest absolute Gasteiger partial charge is 0.367 e. The molecule has 18 heavy (non-hydrogen) atoms. The molecular formula is C11H15ClF3N3. The molecule has 3 nitrogen and oxygen atoms in total. The first-order valence-corrected chi connectivity index (χ1v) is 6.13. The maximum atomic E-state index is 12.5. The molecule has 0 aliphatic rings. The van der Waals surface area contributed by atoms with E-state index in [1.165, 1.54) is 6.07 Å². The quantitative estimate of drug-likeness (QED) is 0.824. The molecule has 1 aromatic rings. The van der Waals surface area contributed by atoms with E-state index in [1.807, 2.05) is 13.8 Å². The summed E-state index contributed by atoms with van der Waals surface area (Å²) >= 11 is 5.57. The molecule has 102 valence electrons. The van der Waals surface area contributed by atoms with Crippen LogP contribution in [-0.4, -0.2) is 16.0 Å². The molecule has 1 atom stereocenters. The maximum absolute atomic E-state index is 12.5. The second kappa shape index (κ2) is 6.22. The summed E-state index contributed by atoms with van der Waals surface area (Å²) in [5.74, 6) is -1.11. The van der Waals surface area contributed by atoms with Crippen molar-refractivity contribution in [2.24, 2.45) is 0 Å². The van der Waals surface area contributed by atoms with Gasteiger partial charge in [0.2, 0.25) is 5.82 Å². The Kier molecular flexibility index (Phi) is 5.19. The first kappa shape index (κ1) is 15.0. The lowest BCUT2D eigenvalue weighted by atomic mass is 10.1. The molecule has 0 saturated heterocycles. The third-order valence-corrected chi connectivity index (χ3v) is 2.62. The molecular weight excluding hydrogens is 267 g/mol. The number of anilines is 1. The van der Waals surface area contributed by atoms with Gasteiger partial charge in [-0.1, -0.05) is 31.9 Å². The Hall–Kier alpha value is -1.04. The normalized spacial score (nSPS) is 13.4. The molecule has 1 rings (SSSR count). The van der Waals surface area contributed by atoms with Crippen molar-refractivity contribution in [3.63, 3.8) is 0 Å². The highest BCUT2D eigenvalue weighted by molar-refractivity contribution is 6.29. The third kappa shape index (κ3) is 4.33. The molecule has 1 aromatic heterocycles. The first-order chi connectivity index (χ1) is 8.36. The van der Waals surface area contributed by atoms with Gasteiger partial charge in [0.05, 0.1) is 0 Å². The summed E-state index contributed by atoms with van der Waals surface area (Å²) < 4.78 is 37.5. The summed E-state index contributed by atoms with van der Waals surface area (Å²) in [7, 11) is 0. The average molecular weight is 282 g/mol. The van der Waals surface area contributed by atoms with Crippen LogP contribution in [0.25, 0.3) is 0 Å². The van der Waals surface area contributed by atoms with Crippen molar-refractivity contribution in [2.45, 2.75) is 45.3 Å². The number of alkyl halides is 3. The number of rotatable bonds is 5. The van der Waals surface area contributed by atoms with Crippen LogP contribution in [0.2, 0.25) is 5.15 Å². The van der Waals surface area contributed by atoms with Crippen molar-refractivity contribution < 1.29 is 13.2 Å². The van der Waals surface area contributed by atoms with E-state index in [-0.39, 0.29) is 17.0 Å². The Morgan fingerprint density at radius 3 is 2.50 bits per heavy atom. The summed E-state index contributed by atoms with van der Waals surface area (Å²) in [4.78, 5) is 6.62. The van der Waals surface area contributed by atoms with Crippen LogP contribution in [0, 0.1) is 0 Å². The van der Waals surface area contributed by atoms with E-state index in [1.54, 1.807) is 0 Å². The van der Waals surface area contributed by atoms with E-state index < -0.39 is 12.0 Å². The highest BCUT2D eigenvalue weighted by Crippen LogP contribution is 2.28. The number of nitrogens with zero attached hydrogens (tertiary/aromatic N) is 2. The van der Waals surface area contributed by atoms with Gasteiger partial charge in [-0.3, -0.25) is 0 Å². The zero-order valence-electron chi connectivity index (χ0n) is 10.2. The van der Waals surface area contributed by atoms with E-state index in [9.17, 15) is 13.2 Å². The minimum absolute atomic E-state index is 0.0852. The fourth-order valence-electron chi connectivity index (χ4n) is 1.55. The molecule has 0 fully saturated rings. The molecule has 1 unspecified atom stereocenters. The van der Waals surface area contributed by atoms with E-state index in [0.29, 0.717) is 0 Å². The lowest BCUT2D eigenvalue weighted by Crippen LogP contribution is -2.20. The van der Waals surface area contributed by atoms with Crippen LogP contribution in [0.1, 0.15) is 38.9 Å². The molecule has 0 aliphatic carbocycles. The molecule has 1 N–H and O–H groups in total. The summed E-state index contributed by atoms with van der Waals surface area (Å²) in [6.45, 7) is 3.97. The van der Waals surface area contributed by atoms with Crippen LogP contribution >= 0.6 is 11.6 Å². The van der Waals surface area contributed by atoms with Crippen molar-refractivity contribution in [1.82, 2.24) is 9.97 Å². The van der Waals surface area contributed by atoms with Crippen molar-refractivity contribution in [1.29, 1.82) is 0 Å². The van der Waals surface area contributed by atoms with E-state index in [0.717, 1.165) is 19.3 Å². The van der Waals surface area contributed by atoms with Crippen LogP contribution in [0.15, 0.2) is 6.07 Å². The minimum atomic E-state index is -4.59. The minimum Gasteiger partial charge on any atom is -0.367 e. The fourth-order valence-corrected chi connectivity index (χ4v) is 1.74. The molecule has 0 amide bonds. The van der Waals surface area contributed by atoms with E-state index in [2.05, 4.69) is 15.3 Å². The number of hydrogen-bond acceptors (Lipinski definition) is 3. The second-order valence-electron chi connectivity index (χ2n) is 3.94. The van der Waals surface area contributed by atoms with Gasteiger partial charge in [-0.15, -0.1) is 0 Å². The summed E-state index contributed by atoms with van der Waals surface area (Å²) in [6.07, 6.45) is -1.99. The monoisotopic (exact) mass is 281 g/mol. The zero-order valence-corrected chi connectivity index (χ0v) is 10.9. The molecule has 7 heteroatoms. The molecule has 0 aromatic carbocycles. The second-order valence-corrected chi connectivity index (χ2v) is 4.32. The topological polar surface area (TPSA) is 37.8 Å². The molecule has 0 saturated carbocycles. The fraction of sp³-hybridized carbons (Fsp3) is 0.636. The average Bonchev–Trinajstić information content (AvgIpc) is 2.26. The summed E-state index contributed by atoms with van der Waals surface area (Å²) in [5.41, 5.74) is 0. The molecule has 0 aliphatic heterocycles. The number of nitrogens with one attached hydrogen (secondary N) is 1. The predicted octanol–water partition coefficient (Wildman–Crippen LogP) is 4.14. The van der Waals surface area contributed by atoms with E-state index >= 15 is 0 Å². The van der Waals surface area contributed by atoms with Crippen LogP contribution in [-0.2, 0) is 6.18 Å². The highest BCUT2D eigenvalue weighted by atomic mass is 35.5. The van der Waals surface area contributed by atoms with Crippen molar-refractivity contribution in [3.05, 3.63) is 17.0 Å². The van der Waals surface area contributed by atoms with Crippen LogP contribution in [0.4, 0.5) is 19.0 Å². The number of aromatic nitrogens is 2. The van der Waals surface area contributed by atoms with Gasteiger partial charge in [-0.05, 0) is 12.8 Å². The van der Waals surface area contributed by atoms with Gasteiger partial charge < -0.3 is 5.32 Å². The van der Waals surface area contributed by atoms with Crippen molar-refractivity contribution in [2.75, 3.05) is 5.32 Å². The van der Waals surface area contributed by atoms with Gasteiger partial charge in [-0.25, -0.2) is 9.97 Å². The lowest BCUT2D eigenvalue weighted by Gasteiger charge is -2.17. The van der Waals surface area contributed by atoms with Crippen molar-refractivity contribution >= 4 is 17.4 Å². The van der Waals surface area contributed by atoms with E-state index in [4.69, 9.17) is 11.6 Å². The Labute approximate surface area is 109 Å². The first-order valence-electron chi connectivity index (χ1n) is 5.75. The maximum Gasteiger partial charge on any atom is 0.451 e. The molecule has 0 spiro atoms. The highest BCUT2D eigenvalue weighted by Gasteiger charge is 2.35. The SMILES string of the molecule is CCCC(CC)Nc1cc(Cl)nc(C(F)(F)F)n1. The Balaban J connectivity index is 2.92. The Morgan fingerprint density at radius 2 is 2.00 bits per heavy atom. The van der Waals surface area contributed by atoms with Crippen LogP contribution in [0.5, 0.6) is 0 Å². The van der Waals surface area contributed by atoms with Crippen LogP contribution in [0.3, 0.4) is 0 Å². The zero-order chi connectivity index (χ0) is 13.8. The Bertz CT molecular complexity index is 396. The lowest BCUT2D eigenvalue weighted by molar-refractivity contribution is -0.144. The van der Waals surface area contributed by atoms with Gasteiger partial charge in [-0.2, -0.15) is 13.2 Å². The van der Waals surface area contributed by atoms with Gasteiger partial charge in [0.15, 0.2) is 0 Å². The number of halogens is 4. The molecule has 1 heterocycles. The number of hydrogen-bond donors (Lipinski definition) is 1. The van der Waals surface area contributed by atoms with Gasteiger partial charge >= 0.3 is 6.18 Å². The Morgan fingerprint density at radius 1 is 1.33 bits per heavy atom. The summed E-state index contributed by atoms with van der Waals surface area (Å²) in [5, 5.41) is 2.73. The van der Waals surface area contributed by atoms with Gasteiger partial charge in [0, 0.05) is 12.1 Å². The largest absolute Gasteiger partial charge is 0.451 e. The predicted molar refractivity (Wildman–Crippen MR) is 64.7 cm³/mol. The third-order valence-electron chi connectivity index (χ3n) is 2.43. The standard InChI is InChI=1S/C11H15ClF3N3/c1-3-5-7(4-2)16-9-6-8(12)17-10(18-9)11(13,14)15/h6-7H,3-5H2,1-2H3,(H,16,17,18). The van der Waals surface area contributed by atoms with Gasteiger partial charge in [0.25, 0.3) is 0 Å². The van der Waals surface area contributed by atoms with Crippen LogP contribution < -0.4 is 5.32 Å². The molecule has 0 bridgehead atoms. The van der Waals surface area contributed by atoms with Crippen molar-refractivity contribution in [3.8, 4) is 0 Å². The molecule has 0 radical (unpaired) electrons. The van der Waals surface area contributed by atoms with Gasteiger partial charge in [0.1, 0.15) is 11.0 Å². The summed E-state index contributed by atoms with van der Waals surface area (Å²) in [6, 6.07) is 1.39.